The Hall–Kier alpha value is -2.33. The third-order valence-corrected chi connectivity index (χ3v) is 6.79. The first-order chi connectivity index (χ1) is 16.2. The third-order valence-electron chi connectivity index (χ3n) is 6.79. The van der Waals surface area contributed by atoms with Crippen molar-refractivity contribution in [3.63, 3.8) is 0 Å². The second kappa shape index (κ2) is 14.7. The van der Waals surface area contributed by atoms with Gasteiger partial charge < -0.3 is 15.1 Å². The number of nitrogens with one attached hydrogen (secondary N) is 1. The number of hydrogen-bond donors (Lipinski definition) is 1. The SMILES string of the molecule is CCCCCCNC(=O)N(CCCN1CCC(Cc2ccccc2)CC1)Cc1ccccc1. The minimum Gasteiger partial charge on any atom is -0.338 e. The summed E-state index contributed by atoms with van der Waals surface area (Å²) in [4.78, 5) is 17.5. The van der Waals surface area contributed by atoms with Crippen molar-refractivity contribution in [2.75, 3.05) is 32.7 Å². The van der Waals surface area contributed by atoms with E-state index in [1.807, 2.05) is 11.0 Å². The van der Waals surface area contributed by atoms with Crippen LogP contribution in [0, 0.1) is 5.92 Å². The van der Waals surface area contributed by atoms with Crippen molar-refractivity contribution in [3.05, 3.63) is 71.8 Å². The number of amides is 2. The van der Waals surface area contributed by atoms with E-state index in [1.165, 1.54) is 62.7 Å². The van der Waals surface area contributed by atoms with Gasteiger partial charge in [-0.3, -0.25) is 0 Å². The minimum absolute atomic E-state index is 0.0805. The Labute approximate surface area is 201 Å². The highest BCUT2D eigenvalue weighted by Gasteiger charge is 2.20. The lowest BCUT2D eigenvalue weighted by molar-refractivity contribution is 0.166. The van der Waals surface area contributed by atoms with Crippen LogP contribution in [0.1, 0.15) is 63.0 Å². The number of carbonyl (C=O) groups excluding carboxylic acids is 1. The lowest BCUT2D eigenvalue weighted by atomic mass is 9.90. The van der Waals surface area contributed by atoms with Crippen LogP contribution in [0.3, 0.4) is 0 Å². The molecular weight excluding hydrogens is 406 g/mol. The van der Waals surface area contributed by atoms with Crippen molar-refractivity contribution in [1.29, 1.82) is 0 Å². The Morgan fingerprint density at radius 3 is 2.24 bits per heavy atom. The molecule has 0 spiro atoms. The summed E-state index contributed by atoms with van der Waals surface area (Å²) in [7, 11) is 0. The van der Waals surface area contributed by atoms with E-state index in [4.69, 9.17) is 0 Å². The van der Waals surface area contributed by atoms with Crippen molar-refractivity contribution in [1.82, 2.24) is 15.1 Å². The molecule has 4 nitrogen and oxygen atoms in total. The first-order valence-electron chi connectivity index (χ1n) is 13.1. The van der Waals surface area contributed by atoms with Crippen molar-refractivity contribution >= 4 is 6.03 Å². The fraction of sp³-hybridized carbons (Fsp3) is 0.552. The number of hydrogen-bond acceptors (Lipinski definition) is 2. The summed E-state index contributed by atoms with van der Waals surface area (Å²) in [6, 6.07) is 21.3. The molecule has 0 aliphatic carbocycles. The minimum atomic E-state index is 0.0805. The molecule has 1 saturated heterocycles. The third kappa shape index (κ3) is 9.59. The average Bonchev–Trinajstić information content (AvgIpc) is 2.85. The van der Waals surface area contributed by atoms with Gasteiger partial charge in [0.25, 0.3) is 0 Å². The maximum absolute atomic E-state index is 12.9. The van der Waals surface area contributed by atoms with E-state index in [0.29, 0.717) is 6.54 Å². The van der Waals surface area contributed by atoms with Gasteiger partial charge in [0.2, 0.25) is 0 Å². The van der Waals surface area contributed by atoms with E-state index in [2.05, 4.69) is 71.7 Å². The zero-order valence-corrected chi connectivity index (χ0v) is 20.6. The molecule has 1 aliphatic heterocycles. The molecule has 2 aromatic carbocycles. The van der Waals surface area contributed by atoms with E-state index < -0.39 is 0 Å². The predicted octanol–water partition coefficient (Wildman–Crippen LogP) is 6.12. The van der Waals surface area contributed by atoms with Gasteiger partial charge in [0, 0.05) is 19.6 Å². The zero-order chi connectivity index (χ0) is 23.1. The summed E-state index contributed by atoms with van der Waals surface area (Å²) in [6.07, 6.45) is 9.51. The monoisotopic (exact) mass is 449 g/mol. The second-order valence-electron chi connectivity index (χ2n) is 9.53. The average molecular weight is 450 g/mol. The molecule has 0 aromatic heterocycles. The fourth-order valence-corrected chi connectivity index (χ4v) is 4.76. The number of rotatable bonds is 13. The summed E-state index contributed by atoms with van der Waals surface area (Å²) in [5.74, 6) is 0.803. The summed E-state index contributed by atoms with van der Waals surface area (Å²) in [5, 5.41) is 3.15. The lowest BCUT2D eigenvalue weighted by Crippen LogP contribution is -2.42. The fourth-order valence-electron chi connectivity index (χ4n) is 4.76. The molecule has 0 atom stereocenters. The van der Waals surface area contributed by atoms with Gasteiger partial charge in [-0.05, 0) is 68.8 Å². The Morgan fingerprint density at radius 1 is 0.909 bits per heavy atom. The molecule has 1 heterocycles. The summed E-state index contributed by atoms with van der Waals surface area (Å²) < 4.78 is 0. The Balaban J connectivity index is 1.40. The van der Waals surface area contributed by atoms with E-state index in [1.54, 1.807) is 0 Å². The molecule has 2 aromatic rings. The van der Waals surface area contributed by atoms with Crippen LogP contribution in [0.2, 0.25) is 0 Å². The van der Waals surface area contributed by atoms with Gasteiger partial charge in [-0.25, -0.2) is 4.79 Å². The van der Waals surface area contributed by atoms with Gasteiger partial charge in [-0.1, -0.05) is 86.8 Å². The topological polar surface area (TPSA) is 35.6 Å². The number of urea groups is 1. The number of unbranched alkanes of at least 4 members (excludes halogenated alkanes) is 3. The van der Waals surface area contributed by atoms with Crippen LogP contribution in [0.15, 0.2) is 60.7 Å². The molecule has 33 heavy (non-hydrogen) atoms. The van der Waals surface area contributed by atoms with Crippen molar-refractivity contribution < 1.29 is 4.79 Å². The maximum Gasteiger partial charge on any atom is 0.317 e. The smallest absolute Gasteiger partial charge is 0.317 e. The van der Waals surface area contributed by atoms with Crippen LogP contribution < -0.4 is 5.32 Å². The highest BCUT2D eigenvalue weighted by Crippen LogP contribution is 2.21. The Bertz CT molecular complexity index is 772. The van der Waals surface area contributed by atoms with E-state index in [0.717, 1.165) is 38.4 Å². The van der Waals surface area contributed by atoms with Crippen molar-refractivity contribution in [2.24, 2.45) is 5.92 Å². The van der Waals surface area contributed by atoms with Gasteiger partial charge in [-0.15, -0.1) is 0 Å². The first kappa shape index (κ1) is 25.3. The van der Waals surface area contributed by atoms with E-state index in [-0.39, 0.29) is 6.03 Å². The molecule has 4 heteroatoms. The molecule has 0 bridgehead atoms. The van der Waals surface area contributed by atoms with Crippen LogP contribution >= 0.6 is 0 Å². The maximum atomic E-state index is 12.9. The number of benzene rings is 2. The largest absolute Gasteiger partial charge is 0.338 e. The van der Waals surface area contributed by atoms with Crippen LogP contribution in [0.4, 0.5) is 4.79 Å². The molecule has 1 aliphatic rings. The van der Waals surface area contributed by atoms with Gasteiger partial charge in [-0.2, -0.15) is 0 Å². The summed E-state index contributed by atoms with van der Waals surface area (Å²) in [6.45, 7) is 7.91. The number of carbonyl (C=O) groups is 1. The lowest BCUT2D eigenvalue weighted by Gasteiger charge is -2.32. The molecule has 0 unspecified atom stereocenters. The normalized spacial score (nSPS) is 14.8. The molecular formula is C29H43N3O. The van der Waals surface area contributed by atoms with Gasteiger partial charge in [0.05, 0.1) is 0 Å². The first-order valence-corrected chi connectivity index (χ1v) is 13.1. The molecule has 180 valence electrons. The highest BCUT2D eigenvalue weighted by molar-refractivity contribution is 5.74. The van der Waals surface area contributed by atoms with Crippen LogP contribution in [-0.4, -0.2) is 48.6 Å². The van der Waals surface area contributed by atoms with Gasteiger partial charge in [0.1, 0.15) is 0 Å². The highest BCUT2D eigenvalue weighted by atomic mass is 16.2. The predicted molar refractivity (Wildman–Crippen MR) is 138 cm³/mol. The van der Waals surface area contributed by atoms with Crippen LogP contribution in [0.25, 0.3) is 0 Å². The number of nitrogens with zero attached hydrogens (tertiary/aromatic N) is 2. The number of likely N-dealkylation sites (tertiary alicyclic amines) is 1. The van der Waals surface area contributed by atoms with Crippen molar-refractivity contribution in [2.45, 2.75) is 64.8 Å². The second-order valence-corrected chi connectivity index (χ2v) is 9.53. The summed E-state index contributed by atoms with van der Waals surface area (Å²) in [5.41, 5.74) is 2.66. The van der Waals surface area contributed by atoms with E-state index in [9.17, 15) is 4.79 Å². The van der Waals surface area contributed by atoms with Gasteiger partial charge >= 0.3 is 6.03 Å². The zero-order valence-electron chi connectivity index (χ0n) is 20.6. The Kier molecular flexibility index (Phi) is 11.3. The molecule has 1 N–H and O–H groups in total. The molecule has 0 saturated carbocycles. The van der Waals surface area contributed by atoms with Crippen LogP contribution in [-0.2, 0) is 13.0 Å². The summed E-state index contributed by atoms with van der Waals surface area (Å²) >= 11 is 0. The van der Waals surface area contributed by atoms with Crippen LogP contribution in [0.5, 0.6) is 0 Å². The quantitative estimate of drug-likeness (QED) is 0.374. The molecule has 3 rings (SSSR count). The standard InChI is InChI=1S/C29H43N3O/c1-2-3-4-11-19-30-29(33)32(25-28-15-9-6-10-16-28)21-12-20-31-22-17-27(18-23-31)24-26-13-7-5-8-14-26/h5-10,13-16,27H,2-4,11-12,17-25H2,1H3,(H,30,33). The Morgan fingerprint density at radius 2 is 1.58 bits per heavy atom. The molecule has 0 radical (unpaired) electrons. The van der Waals surface area contributed by atoms with Gasteiger partial charge in [0.15, 0.2) is 0 Å². The molecule has 1 fully saturated rings. The number of piperidine rings is 1. The van der Waals surface area contributed by atoms with E-state index >= 15 is 0 Å². The molecule has 2 amide bonds. The van der Waals surface area contributed by atoms with Crippen molar-refractivity contribution in [3.8, 4) is 0 Å².